The molecular weight excluding hydrogens is 430 g/mol. The van der Waals surface area contributed by atoms with Crippen LogP contribution in [0, 0.1) is 5.92 Å². The van der Waals surface area contributed by atoms with Crippen LogP contribution in [0.2, 0.25) is 5.02 Å². The molecule has 0 bridgehead atoms. The van der Waals surface area contributed by atoms with Crippen LogP contribution in [0.4, 0.5) is 5.69 Å². The smallest absolute Gasteiger partial charge is 0.250 e. The molecule has 1 saturated heterocycles. The van der Waals surface area contributed by atoms with Crippen molar-refractivity contribution < 1.29 is 22.7 Å². The molecular formula is C20H22ClN3O5S. The number of piperidine rings is 1. The molecule has 8 nitrogen and oxygen atoms in total. The molecule has 160 valence electrons. The van der Waals surface area contributed by atoms with Crippen LogP contribution in [-0.2, 0) is 14.8 Å². The fourth-order valence-electron chi connectivity index (χ4n) is 3.36. The van der Waals surface area contributed by atoms with Crippen molar-refractivity contribution in [2.45, 2.75) is 17.7 Å². The summed E-state index contributed by atoms with van der Waals surface area (Å²) in [5, 5.41) is 2.94. The molecule has 0 atom stereocenters. The Hall–Kier alpha value is -2.62. The third-order valence-corrected chi connectivity index (χ3v) is 7.23. The summed E-state index contributed by atoms with van der Waals surface area (Å²) in [7, 11) is -2.28. The standard InChI is InChI=1S/C20H22ClN3O5S/c1-29-18-7-6-14(12-16(18)21)30(27,28)24-10-8-13(9-11-24)20(26)23-17-5-3-2-4-15(17)19(22)25/h2-7,12-13H,8-11H2,1H3,(H2,22,25)(H,23,26). The van der Waals surface area contributed by atoms with Gasteiger partial charge in [-0.05, 0) is 43.2 Å². The molecule has 0 radical (unpaired) electrons. The van der Waals surface area contributed by atoms with Crippen LogP contribution >= 0.6 is 11.6 Å². The van der Waals surface area contributed by atoms with E-state index in [1.807, 2.05) is 0 Å². The minimum Gasteiger partial charge on any atom is -0.495 e. The number of sulfonamides is 1. The minimum atomic E-state index is -3.74. The van der Waals surface area contributed by atoms with Crippen LogP contribution in [0.25, 0.3) is 0 Å². The molecule has 0 saturated carbocycles. The normalized spacial score (nSPS) is 15.5. The maximum atomic E-state index is 12.9. The van der Waals surface area contributed by atoms with Gasteiger partial charge in [-0.3, -0.25) is 9.59 Å². The molecule has 1 heterocycles. The first-order valence-electron chi connectivity index (χ1n) is 9.27. The molecule has 1 aliphatic rings. The maximum Gasteiger partial charge on any atom is 0.250 e. The van der Waals surface area contributed by atoms with Gasteiger partial charge in [-0.2, -0.15) is 4.31 Å². The number of nitrogens with two attached hydrogens (primary N) is 1. The number of nitrogens with one attached hydrogen (secondary N) is 1. The van der Waals surface area contributed by atoms with Gasteiger partial charge in [0, 0.05) is 19.0 Å². The summed E-state index contributed by atoms with van der Waals surface area (Å²) in [6.45, 7) is 0.392. The number of ether oxygens (including phenoxy) is 1. The van der Waals surface area contributed by atoms with Gasteiger partial charge in [0.05, 0.1) is 28.3 Å². The van der Waals surface area contributed by atoms with Crippen molar-refractivity contribution in [3.8, 4) is 5.75 Å². The van der Waals surface area contributed by atoms with E-state index in [1.165, 1.54) is 35.7 Å². The van der Waals surface area contributed by atoms with Crippen molar-refractivity contribution in [1.82, 2.24) is 4.31 Å². The number of carbonyl (C=O) groups excluding carboxylic acids is 2. The Morgan fingerprint density at radius 1 is 1.17 bits per heavy atom. The van der Waals surface area contributed by atoms with Crippen LogP contribution in [0.3, 0.4) is 0 Å². The lowest BCUT2D eigenvalue weighted by Gasteiger charge is -2.30. The van der Waals surface area contributed by atoms with E-state index >= 15 is 0 Å². The summed E-state index contributed by atoms with van der Waals surface area (Å²) < 4.78 is 32.2. The molecule has 2 amide bonds. The van der Waals surface area contributed by atoms with E-state index < -0.39 is 15.9 Å². The Balaban J connectivity index is 1.66. The van der Waals surface area contributed by atoms with Crippen LogP contribution in [0.5, 0.6) is 5.75 Å². The molecule has 0 aromatic heterocycles. The zero-order valence-corrected chi connectivity index (χ0v) is 17.9. The monoisotopic (exact) mass is 451 g/mol. The fourth-order valence-corrected chi connectivity index (χ4v) is 5.18. The molecule has 3 rings (SSSR count). The Kier molecular flexibility index (Phi) is 6.64. The lowest BCUT2D eigenvalue weighted by Crippen LogP contribution is -2.41. The second-order valence-electron chi connectivity index (χ2n) is 6.87. The number of anilines is 1. The number of primary amides is 1. The quantitative estimate of drug-likeness (QED) is 0.699. The molecule has 2 aromatic carbocycles. The highest BCUT2D eigenvalue weighted by molar-refractivity contribution is 7.89. The largest absolute Gasteiger partial charge is 0.495 e. The van der Waals surface area contributed by atoms with E-state index in [-0.39, 0.29) is 40.4 Å². The highest BCUT2D eigenvalue weighted by atomic mass is 35.5. The van der Waals surface area contributed by atoms with Gasteiger partial charge >= 0.3 is 0 Å². The zero-order chi connectivity index (χ0) is 21.9. The molecule has 30 heavy (non-hydrogen) atoms. The Morgan fingerprint density at radius 3 is 2.43 bits per heavy atom. The minimum absolute atomic E-state index is 0.0755. The second kappa shape index (κ2) is 9.03. The first-order valence-corrected chi connectivity index (χ1v) is 11.1. The van der Waals surface area contributed by atoms with E-state index in [4.69, 9.17) is 22.1 Å². The zero-order valence-electron chi connectivity index (χ0n) is 16.3. The number of amides is 2. The van der Waals surface area contributed by atoms with Crippen LogP contribution in [-0.4, -0.2) is 44.7 Å². The van der Waals surface area contributed by atoms with Crippen molar-refractivity contribution in [2.75, 3.05) is 25.5 Å². The van der Waals surface area contributed by atoms with Crippen LogP contribution < -0.4 is 15.8 Å². The summed E-state index contributed by atoms with van der Waals surface area (Å²) in [6.07, 6.45) is 0.710. The number of hydrogen-bond donors (Lipinski definition) is 2. The van der Waals surface area contributed by atoms with Crippen molar-refractivity contribution in [3.63, 3.8) is 0 Å². The lowest BCUT2D eigenvalue weighted by atomic mass is 9.97. The first-order chi connectivity index (χ1) is 14.2. The summed E-state index contributed by atoms with van der Waals surface area (Å²) in [4.78, 5) is 24.2. The van der Waals surface area contributed by atoms with Crippen LogP contribution in [0.1, 0.15) is 23.2 Å². The van der Waals surface area contributed by atoms with Gasteiger partial charge in [0.15, 0.2) is 0 Å². The molecule has 1 aliphatic heterocycles. The van der Waals surface area contributed by atoms with Crippen molar-refractivity contribution in [1.29, 1.82) is 0 Å². The number of para-hydroxylation sites is 1. The topological polar surface area (TPSA) is 119 Å². The van der Waals surface area contributed by atoms with Gasteiger partial charge in [-0.25, -0.2) is 8.42 Å². The van der Waals surface area contributed by atoms with Gasteiger partial charge in [-0.15, -0.1) is 0 Å². The SMILES string of the molecule is COc1ccc(S(=O)(=O)N2CCC(C(=O)Nc3ccccc3C(N)=O)CC2)cc1Cl. The van der Waals surface area contributed by atoms with Crippen LogP contribution in [0.15, 0.2) is 47.4 Å². The highest BCUT2D eigenvalue weighted by Gasteiger charge is 2.32. The molecule has 0 spiro atoms. The van der Waals surface area contributed by atoms with Gasteiger partial charge in [0.2, 0.25) is 15.9 Å². The Bertz CT molecular complexity index is 1070. The number of hydrogen-bond acceptors (Lipinski definition) is 5. The fraction of sp³-hybridized carbons (Fsp3) is 0.300. The predicted octanol–water partition coefficient (Wildman–Crippen LogP) is 2.49. The maximum absolute atomic E-state index is 12.9. The van der Waals surface area contributed by atoms with Crippen molar-refractivity contribution >= 4 is 39.1 Å². The molecule has 2 aromatic rings. The highest BCUT2D eigenvalue weighted by Crippen LogP contribution is 2.30. The number of benzene rings is 2. The average Bonchev–Trinajstić information content (AvgIpc) is 2.74. The molecule has 0 unspecified atom stereocenters. The number of methoxy groups -OCH3 is 1. The number of halogens is 1. The van der Waals surface area contributed by atoms with Gasteiger partial charge < -0.3 is 15.8 Å². The van der Waals surface area contributed by atoms with E-state index in [1.54, 1.807) is 18.2 Å². The third kappa shape index (κ3) is 4.58. The third-order valence-electron chi connectivity index (χ3n) is 5.04. The molecule has 0 aliphatic carbocycles. The van der Waals surface area contributed by atoms with E-state index in [9.17, 15) is 18.0 Å². The van der Waals surface area contributed by atoms with Crippen molar-refractivity contribution in [3.05, 3.63) is 53.1 Å². The summed E-state index contributed by atoms with van der Waals surface area (Å²) in [6, 6.07) is 10.8. The number of nitrogens with zero attached hydrogens (tertiary/aromatic N) is 1. The second-order valence-corrected chi connectivity index (χ2v) is 9.22. The summed E-state index contributed by atoms with van der Waals surface area (Å²) >= 11 is 6.06. The van der Waals surface area contributed by atoms with E-state index in [0.29, 0.717) is 24.3 Å². The lowest BCUT2D eigenvalue weighted by molar-refractivity contribution is -0.120. The Morgan fingerprint density at radius 2 is 1.83 bits per heavy atom. The molecule has 10 heteroatoms. The van der Waals surface area contributed by atoms with E-state index in [2.05, 4.69) is 5.32 Å². The first kappa shape index (κ1) is 22.1. The molecule has 3 N–H and O–H groups in total. The summed E-state index contributed by atoms with van der Waals surface area (Å²) in [5.74, 6) is -0.891. The van der Waals surface area contributed by atoms with Crippen molar-refractivity contribution in [2.24, 2.45) is 11.7 Å². The number of carbonyl (C=O) groups is 2. The molecule has 1 fully saturated rings. The van der Waals surface area contributed by atoms with Gasteiger partial charge in [0.1, 0.15) is 5.75 Å². The predicted molar refractivity (Wildman–Crippen MR) is 113 cm³/mol. The Labute approximate surface area is 180 Å². The van der Waals surface area contributed by atoms with E-state index in [0.717, 1.165) is 0 Å². The van der Waals surface area contributed by atoms with Gasteiger partial charge in [-0.1, -0.05) is 23.7 Å². The summed E-state index contributed by atoms with van der Waals surface area (Å²) in [5.41, 5.74) is 5.91. The van der Waals surface area contributed by atoms with Gasteiger partial charge in [0.25, 0.3) is 5.91 Å². The average molecular weight is 452 g/mol. The number of rotatable bonds is 6.